The molecule has 114 valence electrons. The van der Waals surface area contributed by atoms with E-state index in [0.717, 1.165) is 5.82 Å². The van der Waals surface area contributed by atoms with Gasteiger partial charge in [0.15, 0.2) is 0 Å². The molecular weight excluding hydrogens is 274 g/mol. The Kier molecular flexibility index (Phi) is 5.13. The molecule has 0 saturated carbocycles. The minimum Gasteiger partial charge on any atom is -0.396 e. The highest BCUT2D eigenvalue weighted by Gasteiger charge is 2.30. The molecule has 1 aromatic carbocycles. The first-order chi connectivity index (χ1) is 10.6. The minimum atomic E-state index is -0.249. The number of nitriles is 1. The minimum absolute atomic E-state index is 0.106. The Morgan fingerprint density at radius 2 is 1.95 bits per heavy atom. The van der Waals surface area contributed by atoms with Crippen molar-refractivity contribution in [1.29, 1.82) is 5.26 Å². The maximum absolute atomic E-state index is 9.71. The highest BCUT2D eigenvalue weighted by atomic mass is 16.3. The third kappa shape index (κ3) is 3.84. The first-order valence-electron chi connectivity index (χ1n) is 7.32. The van der Waals surface area contributed by atoms with Gasteiger partial charge >= 0.3 is 0 Å². The summed E-state index contributed by atoms with van der Waals surface area (Å²) >= 11 is 0. The van der Waals surface area contributed by atoms with Crippen LogP contribution >= 0.6 is 0 Å². The molecule has 0 bridgehead atoms. The van der Waals surface area contributed by atoms with Gasteiger partial charge in [-0.05, 0) is 23.1 Å². The topological polar surface area (TPSA) is 68.9 Å². The fourth-order valence-electron chi connectivity index (χ4n) is 2.41. The van der Waals surface area contributed by atoms with E-state index in [9.17, 15) is 5.11 Å². The van der Waals surface area contributed by atoms with Crippen molar-refractivity contribution in [3.63, 3.8) is 0 Å². The summed E-state index contributed by atoms with van der Waals surface area (Å²) in [6.07, 6.45) is 1.55. The van der Waals surface area contributed by atoms with Crippen LogP contribution in [0.25, 0.3) is 0 Å². The van der Waals surface area contributed by atoms with Crippen LogP contribution in [0.1, 0.15) is 30.9 Å². The molecule has 22 heavy (non-hydrogen) atoms. The van der Waals surface area contributed by atoms with Gasteiger partial charge in [-0.3, -0.25) is 0 Å². The molecule has 1 atom stereocenters. The Morgan fingerprint density at radius 1 is 1.23 bits per heavy atom. The van der Waals surface area contributed by atoms with Gasteiger partial charge in [-0.1, -0.05) is 44.2 Å². The normalized spacial score (nSPS) is 12.5. The molecule has 2 rings (SSSR count). The Bertz CT molecular complexity index is 630. The van der Waals surface area contributed by atoms with E-state index in [1.54, 1.807) is 18.3 Å². The molecule has 0 amide bonds. The van der Waals surface area contributed by atoms with Crippen LogP contribution in [-0.2, 0) is 0 Å². The molecule has 0 aliphatic carbocycles. The van der Waals surface area contributed by atoms with Gasteiger partial charge in [0.05, 0.1) is 5.56 Å². The number of nitrogens with zero attached hydrogens (tertiary/aromatic N) is 2. The first kappa shape index (κ1) is 16.0. The van der Waals surface area contributed by atoms with Gasteiger partial charge in [0.1, 0.15) is 11.9 Å². The molecule has 1 aromatic heterocycles. The van der Waals surface area contributed by atoms with Gasteiger partial charge < -0.3 is 10.4 Å². The van der Waals surface area contributed by atoms with Gasteiger partial charge in [-0.15, -0.1) is 0 Å². The molecule has 2 N–H and O–H groups in total. The monoisotopic (exact) mass is 295 g/mol. The van der Waals surface area contributed by atoms with E-state index < -0.39 is 0 Å². The van der Waals surface area contributed by atoms with E-state index in [4.69, 9.17) is 5.26 Å². The largest absolute Gasteiger partial charge is 0.396 e. The quantitative estimate of drug-likeness (QED) is 0.859. The fraction of sp³-hybridized carbons (Fsp3) is 0.333. The van der Waals surface area contributed by atoms with Crippen molar-refractivity contribution < 1.29 is 5.11 Å². The number of aliphatic hydroxyl groups excluding tert-OH is 1. The predicted octanol–water partition coefficient (Wildman–Crippen LogP) is 3.17. The van der Waals surface area contributed by atoms with Crippen LogP contribution in [0.5, 0.6) is 0 Å². The van der Waals surface area contributed by atoms with Crippen molar-refractivity contribution >= 4 is 5.82 Å². The number of nitrogens with one attached hydrogen (secondary N) is 1. The fourth-order valence-corrected chi connectivity index (χ4v) is 2.41. The van der Waals surface area contributed by atoms with Crippen LogP contribution in [0.3, 0.4) is 0 Å². The highest BCUT2D eigenvalue weighted by Crippen LogP contribution is 2.35. The number of rotatable bonds is 6. The smallest absolute Gasteiger partial charge is 0.125 e. The van der Waals surface area contributed by atoms with Crippen molar-refractivity contribution in [2.45, 2.75) is 19.8 Å². The molecule has 0 aliphatic heterocycles. The summed E-state index contributed by atoms with van der Waals surface area (Å²) in [5.41, 5.74) is 1.48. The van der Waals surface area contributed by atoms with Crippen LogP contribution in [0.4, 0.5) is 5.82 Å². The average Bonchev–Trinajstić information content (AvgIpc) is 2.56. The Labute approximate surface area is 131 Å². The third-order valence-corrected chi connectivity index (χ3v) is 3.93. The van der Waals surface area contributed by atoms with Gasteiger partial charge in [0.2, 0.25) is 0 Å². The van der Waals surface area contributed by atoms with Gasteiger partial charge in [0, 0.05) is 25.3 Å². The number of aliphatic hydroxyl groups is 1. The summed E-state index contributed by atoms with van der Waals surface area (Å²) < 4.78 is 0. The molecule has 1 heterocycles. The number of hydrogen-bond acceptors (Lipinski definition) is 4. The number of aromatic nitrogens is 1. The SMILES string of the molecule is CC(C)(CO)C(CNc1ccc(C#N)cn1)c1ccccc1. The predicted molar refractivity (Wildman–Crippen MR) is 87.5 cm³/mol. The second-order valence-corrected chi connectivity index (χ2v) is 6.03. The number of hydrogen-bond donors (Lipinski definition) is 2. The van der Waals surface area contributed by atoms with Gasteiger partial charge in [0.25, 0.3) is 0 Å². The second-order valence-electron chi connectivity index (χ2n) is 6.03. The molecule has 0 radical (unpaired) electrons. The van der Waals surface area contributed by atoms with Crippen molar-refractivity contribution in [2.24, 2.45) is 5.41 Å². The summed E-state index contributed by atoms with van der Waals surface area (Å²) in [6.45, 7) is 4.88. The highest BCUT2D eigenvalue weighted by molar-refractivity contribution is 5.39. The average molecular weight is 295 g/mol. The number of pyridine rings is 1. The Morgan fingerprint density at radius 3 is 2.50 bits per heavy atom. The van der Waals surface area contributed by atoms with Crippen LogP contribution < -0.4 is 5.32 Å². The van der Waals surface area contributed by atoms with Crippen molar-refractivity contribution in [3.8, 4) is 6.07 Å². The maximum atomic E-state index is 9.71. The summed E-state index contributed by atoms with van der Waals surface area (Å²) in [7, 11) is 0. The van der Waals surface area contributed by atoms with Crippen molar-refractivity contribution in [1.82, 2.24) is 4.98 Å². The number of benzene rings is 1. The summed E-state index contributed by atoms with van der Waals surface area (Å²) in [5.74, 6) is 0.879. The second kappa shape index (κ2) is 7.06. The van der Waals surface area contributed by atoms with Crippen molar-refractivity contribution in [3.05, 3.63) is 59.8 Å². The van der Waals surface area contributed by atoms with E-state index in [2.05, 4.69) is 42.4 Å². The molecule has 0 fully saturated rings. The zero-order chi connectivity index (χ0) is 16.0. The molecule has 4 heteroatoms. The zero-order valence-electron chi connectivity index (χ0n) is 13.0. The lowest BCUT2D eigenvalue weighted by Gasteiger charge is -2.33. The molecular formula is C18H21N3O. The summed E-state index contributed by atoms with van der Waals surface area (Å²) in [5, 5.41) is 21.8. The summed E-state index contributed by atoms with van der Waals surface area (Å²) in [4.78, 5) is 4.23. The first-order valence-corrected chi connectivity index (χ1v) is 7.32. The molecule has 0 spiro atoms. The van der Waals surface area contributed by atoms with Crippen molar-refractivity contribution in [2.75, 3.05) is 18.5 Å². The molecule has 0 aliphatic rings. The summed E-state index contributed by atoms with van der Waals surface area (Å²) in [6, 6.07) is 15.8. The van der Waals surface area contributed by atoms with E-state index >= 15 is 0 Å². The van der Waals surface area contributed by atoms with E-state index in [1.807, 2.05) is 18.2 Å². The standard InChI is InChI=1S/C18H21N3O/c1-18(2,13-22)16(15-6-4-3-5-7-15)12-21-17-9-8-14(10-19)11-20-17/h3-9,11,16,22H,12-13H2,1-2H3,(H,20,21). The molecule has 4 nitrogen and oxygen atoms in total. The molecule has 1 unspecified atom stereocenters. The van der Waals surface area contributed by atoms with E-state index in [1.165, 1.54) is 5.56 Å². The van der Waals surface area contributed by atoms with Gasteiger partial charge in [-0.2, -0.15) is 5.26 Å². The van der Waals surface area contributed by atoms with Crippen LogP contribution in [0.15, 0.2) is 48.7 Å². The lowest BCUT2D eigenvalue weighted by atomic mass is 9.75. The van der Waals surface area contributed by atoms with Crippen LogP contribution in [0.2, 0.25) is 0 Å². The zero-order valence-corrected chi connectivity index (χ0v) is 13.0. The van der Waals surface area contributed by atoms with E-state index in [-0.39, 0.29) is 17.9 Å². The maximum Gasteiger partial charge on any atom is 0.125 e. The Hall–Kier alpha value is -2.38. The Balaban J connectivity index is 2.15. The number of anilines is 1. The van der Waals surface area contributed by atoms with Crippen LogP contribution in [0, 0.1) is 16.7 Å². The van der Waals surface area contributed by atoms with Gasteiger partial charge in [-0.25, -0.2) is 4.98 Å². The third-order valence-electron chi connectivity index (χ3n) is 3.93. The molecule has 0 saturated heterocycles. The van der Waals surface area contributed by atoms with E-state index in [0.29, 0.717) is 12.1 Å². The lowest BCUT2D eigenvalue weighted by Crippen LogP contribution is -2.31. The molecule has 2 aromatic rings. The lowest BCUT2D eigenvalue weighted by molar-refractivity contribution is 0.134. The van der Waals surface area contributed by atoms with Crippen LogP contribution in [-0.4, -0.2) is 23.2 Å².